The minimum atomic E-state index is -0.272. The van der Waals surface area contributed by atoms with Gasteiger partial charge in [-0.15, -0.1) is 0 Å². The van der Waals surface area contributed by atoms with Gasteiger partial charge in [0.2, 0.25) is 0 Å². The summed E-state index contributed by atoms with van der Waals surface area (Å²) in [6.45, 7) is 0.768. The monoisotopic (exact) mass is 503 g/mol. The van der Waals surface area contributed by atoms with Crippen LogP contribution in [0.3, 0.4) is 0 Å². The van der Waals surface area contributed by atoms with E-state index in [1.165, 1.54) is 18.4 Å². The Kier molecular flexibility index (Phi) is 8.11. The van der Waals surface area contributed by atoms with Crippen molar-refractivity contribution in [2.75, 3.05) is 22.5 Å². The molecule has 192 valence electrons. The van der Waals surface area contributed by atoms with Crippen molar-refractivity contribution in [3.63, 3.8) is 0 Å². The van der Waals surface area contributed by atoms with Gasteiger partial charge in [-0.25, -0.2) is 9.78 Å². The molecule has 0 fully saturated rings. The van der Waals surface area contributed by atoms with Gasteiger partial charge in [-0.3, -0.25) is 0 Å². The van der Waals surface area contributed by atoms with E-state index in [0.717, 1.165) is 64.7 Å². The second-order valence-corrected chi connectivity index (χ2v) is 9.45. The van der Waals surface area contributed by atoms with Crippen LogP contribution in [-0.4, -0.2) is 17.6 Å². The van der Waals surface area contributed by atoms with Gasteiger partial charge < -0.3 is 21.7 Å². The Morgan fingerprint density at radius 1 is 0.632 bits per heavy atom. The summed E-state index contributed by atoms with van der Waals surface area (Å²) in [7, 11) is 0. The Balaban J connectivity index is 1.20. The van der Waals surface area contributed by atoms with Crippen LogP contribution < -0.4 is 21.7 Å². The van der Waals surface area contributed by atoms with E-state index in [0.29, 0.717) is 5.69 Å². The average Bonchev–Trinajstić information content (AvgIpc) is 2.94. The molecule has 1 heterocycles. The van der Waals surface area contributed by atoms with Crippen LogP contribution in [0.25, 0.3) is 21.8 Å². The minimum absolute atomic E-state index is 0.272. The molecule has 1 aromatic heterocycles. The van der Waals surface area contributed by atoms with Crippen LogP contribution in [0.4, 0.5) is 27.5 Å². The van der Waals surface area contributed by atoms with Gasteiger partial charge in [0.1, 0.15) is 0 Å². The van der Waals surface area contributed by atoms with Crippen molar-refractivity contribution in [2.45, 2.75) is 32.1 Å². The molecule has 0 aliphatic rings. The number of aromatic nitrogens is 1. The number of pyridine rings is 1. The highest BCUT2D eigenvalue weighted by molar-refractivity contribution is 6.08. The summed E-state index contributed by atoms with van der Waals surface area (Å²) in [5.74, 6) is 0. The lowest BCUT2D eigenvalue weighted by Gasteiger charge is -2.14. The maximum atomic E-state index is 12.6. The molecule has 0 aliphatic carbocycles. The summed E-state index contributed by atoms with van der Waals surface area (Å²) in [6, 6.07) is 31.7. The first-order chi connectivity index (χ1) is 18.7. The number of urea groups is 1. The van der Waals surface area contributed by atoms with E-state index in [-0.39, 0.29) is 6.03 Å². The number of unbranched alkanes of at least 4 members (excludes halogenated alkanes) is 3. The summed E-state index contributed by atoms with van der Waals surface area (Å²) < 4.78 is 0. The van der Waals surface area contributed by atoms with E-state index in [4.69, 9.17) is 10.7 Å². The summed E-state index contributed by atoms with van der Waals surface area (Å²) >= 11 is 0. The fourth-order valence-corrected chi connectivity index (χ4v) is 4.63. The van der Waals surface area contributed by atoms with E-state index in [9.17, 15) is 4.79 Å². The number of nitrogens with two attached hydrogens (primary N) is 1. The van der Waals surface area contributed by atoms with Gasteiger partial charge in [-0.2, -0.15) is 0 Å². The molecule has 0 radical (unpaired) electrons. The number of nitrogens with one attached hydrogen (secondary N) is 3. The molecule has 0 aliphatic heterocycles. The number of fused-ring (bicyclic) bond motifs is 2. The minimum Gasteiger partial charge on any atom is -0.354 e. The smallest absolute Gasteiger partial charge is 0.323 e. The van der Waals surface area contributed by atoms with Crippen LogP contribution in [0.15, 0.2) is 97.1 Å². The summed E-state index contributed by atoms with van der Waals surface area (Å²) in [6.07, 6.45) is 5.68. The Morgan fingerprint density at radius 3 is 1.76 bits per heavy atom. The third kappa shape index (κ3) is 6.28. The van der Waals surface area contributed by atoms with Gasteiger partial charge in [0, 0.05) is 27.8 Å². The fourth-order valence-electron chi connectivity index (χ4n) is 4.63. The van der Waals surface area contributed by atoms with E-state index >= 15 is 0 Å². The van der Waals surface area contributed by atoms with Crippen molar-refractivity contribution in [3.8, 4) is 0 Å². The van der Waals surface area contributed by atoms with Crippen molar-refractivity contribution in [3.05, 3.63) is 103 Å². The highest BCUT2D eigenvalue weighted by atomic mass is 16.2. The SMILES string of the molecule is NCCCCCCc1ccc(NC(=O)Nc2ccc(Nc3c4ccccc4nc4ccccc34)cc2)cc1. The third-order valence-electron chi connectivity index (χ3n) is 6.63. The predicted molar refractivity (Wildman–Crippen MR) is 159 cm³/mol. The molecule has 5 rings (SSSR count). The molecule has 0 saturated carbocycles. The number of para-hydroxylation sites is 2. The van der Waals surface area contributed by atoms with Gasteiger partial charge >= 0.3 is 6.03 Å². The standard InChI is InChI=1S/C32H33N5O/c33-22-8-2-1-3-9-23-14-16-25(17-15-23)35-32(38)36-26-20-18-24(19-21-26)34-31-27-10-4-6-12-29(27)37-30-13-7-5-11-28(30)31/h4-7,10-21H,1-3,8-9,22,33H2,(H,34,37)(H2,35,36,38). The summed E-state index contributed by atoms with van der Waals surface area (Å²) in [4.78, 5) is 17.3. The van der Waals surface area contributed by atoms with Crippen LogP contribution >= 0.6 is 0 Å². The Bertz CT molecular complexity index is 1460. The second-order valence-electron chi connectivity index (χ2n) is 9.45. The van der Waals surface area contributed by atoms with Gasteiger partial charge in [0.15, 0.2) is 0 Å². The quantitative estimate of drug-likeness (QED) is 0.115. The normalized spacial score (nSPS) is 11.0. The lowest BCUT2D eigenvalue weighted by atomic mass is 10.1. The van der Waals surface area contributed by atoms with Crippen LogP contribution in [-0.2, 0) is 6.42 Å². The van der Waals surface area contributed by atoms with Crippen molar-refractivity contribution < 1.29 is 4.79 Å². The molecular formula is C32H33N5O. The molecule has 2 amide bonds. The average molecular weight is 504 g/mol. The number of rotatable bonds is 10. The molecule has 5 N–H and O–H groups in total. The topological polar surface area (TPSA) is 92.1 Å². The number of hydrogen-bond acceptors (Lipinski definition) is 4. The molecule has 0 spiro atoms. The highest BCUT2D eigenvalue weighted by Gasteiger charge is 2.09. The van der Waals surface area contributed by atoms with Crippen LogP contribution in [0, 0.1) is 0 Å². The third-order valence-corrected chi connectivity index (χ3v) is 6.63. The number of carbonyl (C=O) groups is 1. The van der Waals surface area contributed by atoms with E-state index < -0.39 is 0 Å². The van der Waals surface area contributed by atoms with Gasteiger partial charge in [-0.05, 0) is 79.9 Å². The van der Waals surface area contributed by atoms with E-state index in [1.807, 2.05) is 72.8 Å². The molecule has 38 heavy (non-hydrogen) atoms. The summed E-state index contributed by atoms with van der Waals surface area (Å²) in [5.41, 5.74) is 12.1. The lowest BCUT2D eigenvalue weighted by Crippen LogP contribution is -2.19. The first-order valence-corrected chi connectivity index (χ1v) is 13.2. The number of nitrogens with zero attached hydrogens (tertiary/aromatic N) is 1. The fraction of sp³-hybridized carbons (Fsp3) is 0.188. The number of amides is 2. The molecule has 6 heteroatoms. The Morgan fingerprint density at radius 2 is 1.16 bits per heavy atom. The van der Waals surface area contributed by atoms with Crippen LogP contribution in [0.2, 0.25) is 0 Å². The van der Waals surface area contributed by atoms with Crippen molar-refractivity contribution in [1.29, 1.82) is 0 Å². The zero-order chi connectivity index (χ0) is 26.2. The highest BCUT2D eigenvalue weighted by Crippen LogP contribution is 2.33. The van der Waals surface area contributed by atoms with Gasteiger partial charge in [-0.1, -0.05) is 61.4 Å². The maximum Gasteiger partial charge on any atom is 0.323 e. The number of anilines is 4. The van der Waals surface area contributed by atoms with Crippen LogP contribution in [0.1, 0.15) is 31.2 Å². The molecular weight excluding hydrogens is 470 g/mol. The predicted octanol–water partition coefficient (Wildman–Crippen LogP) is 7.84. The van der Waals surface area contributed by atoms with Gasteiger partial charge in [0.05, 0.1) is 16.7 Å². The van der Waals surface area contributed by atoms with Gasteiger partial charge in [0.25, 0.3) is 0 Å². The van der Waals surface area contributed by atoms with Crippen molar-refractivity contribution in [1.82, 2.24) is 4.98 Å². The Labute approximate surface area is 223 Å². The second kappa shape index (κ2) is 12.2. The molecule has 0 saturated heterocycles. The molecule has 5 aromatic rings. The zero-order valence-electron chi connectivity index (χ0n) is 21.4. The lowest BCUT2D eigenvalue weighted by molar-refractivity contribution is 0.262. The molecule has 0 atom stereocenters. The van der Waals surface area contributed by atoms with E-state index in [2.05, 4.69) is 40.2 Å². The first kappa shape index (κ1) is 25.2. The van der Waals surface area contributed by atoms with E-state index in [1.54, 1.807) is 0 Å². The zero-order valence-corrected chi connectivity index (χ0v) is 21.4. The number of benzene rings is 4. The molecule has 6 nitrogen and oxygen atoms in total. The first-order valence-electron chi connectivity index (χ1n) is 13.2. The molecule has 0 bridgehead atoms. The largest absolute Gasteiger partial charge is 0.354 e. The Hall–Kier alpha value is -4.42. The molecule has 4 aromatic carbocycles. The number of aryl methyl sites for hydroxylation is 1. The molecule has 0 unspecified atom stereocenters. The van der Waals surface area contributed by atoms with Crippen molar-refractivity contribution in [2.24, 2.45) is 5.73 Å². The maximum absolute atomic E-state index is 12.6. The summed E-state index contributed by atoms with van der Waals surface area (Å²) in [5, 5.41) is 11.5. The number of carbonyl (C=O) groups excluding carboxylic acids is 1. The van der Waals surface area contributed by atoms with Crippen LogP contribution in [0.5, 0.6) is 0 Å². The van der Waals surface area contributed by atoms with Crippen molar-refractivity contribution >= 4 is 50.6 Å². The number of hydrogen-bond donors (Lipinski definition) is 4.